The molecule has 5 rings (SSSR count). The molecule has 200 valence electrons. The number of fused-ring (bicyclic) bond motifs is 2. The molecule has 2 amide bonds. The van der Waals surface area contributed by atoms with E-state index in [-0.39, 0.29) is 17.8 Å². The van der Waals surface area contributed by atoms with Crippen LogP contribution in [-0.2, 0) is 11.8 Å². The Morgan fingerprint density at radius 2 is 1.97 bits per heavy atom. The number of hydrogen-bond acceptors (Lipinski definition) is 6. The number of nitrogens with one attached hydrogen (secondary N) is 3. The molecule has 0 atom stereocenters. The monoisotopic (exact) mass is 521 g/mol. The Hall–Kier alpha value is -4.02. The fraction of sp³-hybridized carbons (Fsp3) is 0.444. The molecule has 0 saturated heterocycles. The maximum absolute atomic E-state index is 13.8. The summed E-state index contributed by atoms with van der Waals surface area (Å²) < 4.78 is 20.7. The predicted octanol–water partition coefficient (Wildman–Crippen LogP) is 4.61. The second-order valence-electron chi connectivity index (χ2n) is 11.2. The summed E-state index contributed by atoms with van der Waals surface area (Å²) in [6.07, 6.45) is 5.63. The molecular formula is C27H32FN7O3. The number of aromatic nitrogens is 5. The quantitative estimate of drug-likeness (QED) is 0.360. The standard InChI is InChI=1S/C27H32FN7O3/c1-26(2,3)38-25(37)31-16-8-10-27(4,11-9-16)33-24(36)18-13-29-23-22(18)32-19(14-30-23)21-17-7-6-15(28)12-20(17)35(5)34-21/h6-7,12-14,16H,8-11H2,1-5H3,(H,29,30)(H,31,37)(H,33,36). The Balaban J connectivity index is 1.32. The molecule has 3 aromatic heterocycles. The van der Waals surface area contributed by atoms with Gasteiger partial charge in [-0.15, -0.1) is 0 Å². The van der Waals surface area contributed by atoms with Gasteiger partial charge in [-0.25, -0.2) is 19.2 Å². The maximum Gasteiger partial charge on any atom is 0.407 e. The number of ether oxygens (including phenoxy) is 1. The van der Waals surface area contributed by atoms with Crippen LogP contribution < -0.4 is 10.6 Å². The van der Waals surface area contributed by atoms with E-state index in [9.17, 15) is 14.0 Å². The summed E-state index contributed by atoms with van der Waals surface area (Å²) in [7, 11) is 1.74. The summed E-state index contributed by atoms with van der Waals surface area (Å²) >= 11 is 0. The fourth-order valence-electron chi connectivity index (χ4n) is 4.94. The topological polar surface area (TPSA) is 127 Å². The average Bonchev–Trinajstić information content (AvgIpc) is 3.40. The third-order valence-electron chi connectivity index (χ3n) is 6.91. The number of hydrogen-bond donors (Lipinski definition) is 3. The van der Waals surface area contributed by atoms with E-state index in [4.69, 9.17) is 9.72 Å². The summed E-state index contributed by atoms with van der Waals surface area (Å²) in [5.74, 6) is -0.599. The molecule has 1 fully saturated rings. The zero-order chi connectivity index (χ0) is 27.2. The summed E-state index contributed by atoms with van der Waals surface area (Å²) in [6.45, 7) is 7.51. The van der Waals surface area contributed by atoms with Crippen LogP contribution in [0.1, 0.15) is 63.7 Å². The van der Waals surface area contributed by atoms with Crippen LogP contribution in [0.3, 0.4) is 0 Å². The van der Waals surface area contributed by atoms with Crippen molar-refractivity contribution < 1.29 is 18.7 Å². The van der Waals surface area contributed by atoms with Crippen molar-refractivity contribution in [2.24, 2.45) is 7.05 Å². The largest absolute Gasteiger partial charge is 0.444 e. The van der Waals surface area contributed by atoms with Gasteiger partial charge in [0.1, 0.15) is 28.3 Å². The van der Waals surface area contributed by atoms with Crippen LogP contribution in [0.15, 0.2) is 30.6 Å². The number of carbonyl (C=O) groups excluding carboxylic acids is 2. The van der Waals surface area contributed by atoms with Crippen molar-refractivity contribution in [3.05, 3.63) is 42.0 Å². The Bertz CT molecular complexity index is 1530. The van der Waals surface area contributed by atoms with Gasteiger partial charge in [0.2, 0.25) is 0 Å². The lowest BCUT2D eigenvalue weighted by Gasteiger charge is -2.38. The van der Waals surface area contributed by atoms with Gasteiger partial charge in [-0.2, -0.15) is 5.10 Å². The van der Waals surface area contributed by atoms with Crippen molar-refractivity contribution in [1.29, 1.82) is 0 Å². The van der Waals surface area contributed by atoms with Crippen molar-refractivity contribution in [3.8, 4) is 11.4 Å². The highest BCUT2D eigenvalue weighted by Gasteiger charge is 2.34. The first kappa shape index (κ1) is 25.6. The third-order valence-corrected chi connectivity index (χ3v) is 6.91. The lowest BCUT2D eigenvalue weighted by atomic mass is 9.80. The van der Waals surface area contributed by atoms with Gasteiger partial charge in [0.15, 0.2) is 5.65 Å². The molecule has 0 bridgehead atoms. The minimum atomic E-state index is -0.551. The molecule has 0 spiro atoms. The van der Waals surface area contributed by atoms with Crippen molar-refractivity contribution in [2.75, 3.05) is 0 Å². The molecule has 0 unspecified atom stereocenters. The molecule has 3 heterocycles. The van der Waals surface area contributed by atoms with Gasteiger partial charge in [0.05, 0.1) is 17.3 Å². The number of rotatable bonds is 4. The van der Waals surface area contributed by atoms with Crippen molar-refractivity contribution in [3.63, 3.8) is 0 Å². The second kappa shape index (κ2) is 9.38. The molecule has 1 aliphatic carbocycles. The number of alkyl carbamates (subject to hydrolysis) is 1. The third kappa shape index (κ3) is 5.18. The minimum absolute atomic E-state index is 0.00184. The van der Waals surface area contributed by atoms with Gasteiger partial charge in [0, 0.05) is 30.2 Å². The SMILES string of the molecule is Cn1nc(-c2cnc3[nH]cc(C(=O)NC4(C)CCC(NC(=O)OC(C)(C)C)CC4)c3n2)c2ccc(F)cc21. The molecule has 0 aliphatic heterocycles. The van der Waals surface area contributed by atoms with E-state index in [1.54, 1.807) is 30.2 Å². The van der Waals surface area contributed by atoms with Gasteiger partial charge < -0.3 is 20.4 Å². The van der Waals surface area contributed by atoms with Gasteiger partial charge in [-0.05, 0) is 71.6 Å². The van der Waals surface area contributed by atoms with E-state index in [0.29, 0.717) is 46.5 Å². The first-order chi connectivity index (χ1) is 17.9. The van der Waals surface area contributed by atoms with Crippen LogP contribution in [0.4, 0.5) is 9.18 Å². The van der Waals surface area contributed by atoms with Crippen LogP contribution in [-0.4, -0.2) is 53.9 Å². The number of amides is 2. The van der Waals surface area contributed by atoms with Gasteiger partial charge in [-0.3, -0.25) is 9.48 Å². The zero-order valence-electron chi connectivity index (χ0n) is 22.2. The van der Waals surface area contributed by atoms with E-state index in [1.807, 2.05) is 27.7 Å². The molecule has 3 N–H and O–H groups in total. The highest BCUT2D eigenvalue weighted by molar-refractivity contribution is 6.05. The number of carbonyl (C=O) groups is 2. The van der Waals surface area contributed by atoms with Crippen LogP contribution in [0.5, 0.6) is 0 Å². The average molecular weight is 522 g/mol. The fourth-order valence-corrected chi connectivity index (χ4v) is 4.94. The number of nitrogens with zero attached hydrogens (tertiary/aromatic N) is 4. The van der Waals surface area contributed by atoms with Crippen LogP contribution in [0, 0.1) is 5.82 Å². The second-order valence-corrected chi connectivity index (χ2v) is 11.2. The maximum atomic E-state index is 13.8. The van der Waals surface area contributed by atoms with Crippen LogP contribution >= 0.6 is 0 Å². The molecule has 1 saturated carbocycles. The number of H-pyrrole nitrogens is 1. The number of aromatic amines is 1. The van der Waals surface area contributed by atoms with Gasteiger partial charge >= 0.3 is 6.09 Å². The molecule has 38 heavy (non-hydrogen) atoms. The summed E-state index contributed by atoms with van der Waals surface area (Å²) in [6, 6.07) is 4.47. The lowest BCUT2D eigenvalue weighted by Crippen LogP contribution is -2.51. The summed E-state index contributed by atoms with van der Waals surface area (Å²) in [5, 5.41) is 11.4. The van der Waals surface area contributed by atoms with E-state index >= 15 is 0 Å². The summed E-state index contributed by atoms with van der Waals surface area (Å²) in [4.78, 5) is 37.7. The van der Waals surface area contributed by atoms with E-state index < -0.39 is 17.2 Å². The van der Waals surface area contributed by atoms with Gasteiger partial charge in [-0.1, -0.05) is 0 Å². The highest BCUT2D eigenvalue weighted by atomic mass is 19.1. The predicted molar refractivity (Wildman–Crippen MR) is 141 cm³/mol. The summed E-state index contributed by atoms with van der Waals surface area (Å²) in [5.41, 5.74) is 2.01. The zero-order valence-corrected chi connectivity index (χ0v) is 22.2. The molecule has 4 aromatic rings. The molecule has 10 nitrogen and oxygen atoms in total. The van der Waals surface area contributed by atoms with Crippen molar-refractivity contribution in [1.82, 2.24) is 35.4 Å². The van der Waals surface area contributed by atoms with E-state index in [0.717, 1.165) is 18.2 Å². The molecule has 0 radical (unpaired) electrons. The van der Waals surface area contributed by atoms with E-state index in [1.165, 1.54) is 12.1 Å². The first-order valence-corrected chi connectivity index (χ1v) is 12.7. The molecular weight excluding hydrogens is 489 g/mol. The van der Waals surface area contributed by atoms with Crippen LogP contribution in [0.2, 0.25) is 0 Å². The van der Waals surface area contributed by atoms with Gasteiger partial charge in [0.25, 0.3) is 5.91 Å². The van der Waals surface area contributed by atoms with E-state index in [2.05, 4.69) is 25.7 Å². The number of halogens is 1. The minimum Gasteiger partial charge on any atom is -0.444 e. The Labute approximate surface area is 219 Å². The van der Waals surface area contributed by atoms with Crippen molar-refractivity contribution in [2.45, 2.75) is 70.6 Å². The number of aryl methyl sites for hydroxylation is 1. The Morgan fingerprint density at radius 3 is 2.68 bits per heavy atom. The molecule has 1 aromatic carbocycles. The Kier molecular flexibility index (Phi) is 6.32. The first-order valence-electron chi connectivity index (χ1n) is 12.7. The highest BCUT2D eigenvalue weighted by Crippen LogP contribution is 2.31. The van der Waals surface area contributed by atoms with Crippen LogP contribution in [0.25, 0.3) is 33.5 Å². The molecule has 11 heteroatoms. The van der Waals surface area contributed by atoms with Crippen molar-refractivity contribution >= 4 is 34.1 Å². The normalized spacial score (nSPS) is 20.0. The Morgan fingerprint density at radius 1 is 1.24 bits per heavy atom. The smallest absolute Gasteiger partial charge is 0.407 e. The lowest BCUT2D eigenvalue weighted by molar-refractivity contribution is 0.0477. The number of benzene rings is 1. The molecule has 1 aliphatic rings.